The van der Waals surface area contributed by atoms with Crippen LogP contribution in [-0.2, 0) is 25.7 Å². The molecule has 21 heavy (non-hydrogen) atoms. The third-order valence-corrected chi connectivity index (χ3v) is 2.29. The van der Waals surface area contributed by atoms with Crippen LogP contribution in [0, 0.1) is 0 Å². The highest BCUT2D eigenvalue weighted by Gasteiger charge is 2.40. The minimum absolute atomic E-state index is 0.0981. The Balaban J connectivity index is 2.75. The topological polar surface area (TPSA) is 52.6 Å². The first kappa shape index (κ1) is 16.7. The predicted octanol–water partition coefficient (Wildman–Crippen LogP) is 2.78. The fourth-order valence-electron chi connectivity index (χ4n) is 1.35. The molecule has 0 spiro atoms. The van der Waals surface area contributed by atoms with Crippen LogP contribution >= 0.6 is 0 Å². The molecule has 0 unspecified atom stereocenters. The molecule has 1 aromatic rings. The van der Waals surface area contributed by atoms with Crippen LogP contribution in [0.5, 0.6) is 0 Å². The van der Waals surface area contributed by atoms with E-state index in [0.29, 0.717) is 5.56 Å². The zero-order valence-electron chi connectivity index (χ0n) is 11.1. The summed E-state index contributed by atoms with van der Waals surface area (Å²) in [6.07, 6.45) is -4.89. The van der Waals surface area contributed by atoms with E-state index in [4.69, 9.17) is 0 Å². The summed E-state index contributed by atoms with van der Waals surface area (Å²) in [7, 11) is 0. The minimum atomic E-state index is -4.99. The third kappa shape index (κ3) is 5.68. The molecule has 0 heterocycles. The summed E-state index contributed by atoms with van der Waals surface area (Å²) >= 11 is 0. The van der Waals surface area contributed by atoms with Crippen LogP contribution in [0.2, 0.25) is 0 Å². The van der Waals surface area contributed by atoms with Crippen molar-refractivity contribution in [3.05, 3.63) is 47.5 Å². The van der Waals surface area contributed by atoms with Crippen molar-refractivity contribution in [1.82, 2.24) is 0 Å². The number of carbonyl (C=O) groups is 2. The van der Waals surface area contributed by atoms with Gasteiger partial charge in [0.25, 0.3) is 0 Å². The highest BCUT2D eigenvalue weighted by atomic mass is 19.4. The van der Waals surface area contributed by atoms with Crippen molar-refractivity contribution >= 4 is 11.9 Å². The lowest BCUT2D eigenvalue weighted by Gasteiger charge is -2.10. The highest BCUT2D eigenvalue weighted by Crippen LogP contribution is 2.26. The molecule has 7 heteroatoms. The average Bonchev–Trinajstić information content (AvgIpc) is 2.42. The molecule has 0 saturated carbocycles. The standard InChI is InChI=1S/C14H13F3O4/c1-2-20-13(19)11(14(15,16)17)8-12(18)21-9-10-6-4-3-5-7-10/h3-8H,2,9H2,1H3/b11-8+. The molecule has 0 amide bonds. The predicted molar refractivity (Wildman–Crippen MR) is 67.0 cm³/mol. The van der Waals surface area contributed by atoms with Gasteiger partial charge in [0.1, 0.15) is 12.2 Å². The lowest BCUT2D eigenvalue weighted by atomic mass is 10.2. The fraction of sp³-hybridized carbons (Fsp3) is 0.286. The second-order valence-electron chi connectivity index (χ2n) is 3.87. The molecule has 1 aromatic carbocycles. The molecular formula is C14H13F3O4. The van der Waals surface area contributed by atoms with E-state index in [1.165, 1.54) is 6.92 Å². The molecule has 0 bridgehead atoms. The molecule has 114 valence electrons. The van der Waals surface area contributed by atoms with Gasteiger partial charge in [0.2, 0.25) is 0 Å². The summed E-state index contributed by atoms with van der Waals surface area (Å²) < 4.78 is 46.8. The summed E-state index contributed by atoms with van der Waals surface area (Å²) in [6, 6.07) is 8.42. The van der Waals surface area contributed by atoms with E-state index in [9.17, 15) is 22.8 Å². The summed E-state index contributed by atoms with van der Waals surface area (Å²) in [5, 5.41) is 0. The van der Waals surface area contributed by atoms with Crippen LogP contribution in [0.3, 0.4) is 0 Å². The number of ether oxygens (including phenoxy) is 2. The quantitative estimate of drug-likeness (QED) is 0.620. The number of benzene rings is 1. The molecule has 0 aliphatic heterocycles. The van der Waals surface area contributed by atoms with E-state index in [1.807, 2.05) is 0 Å². The largest absolute Gasteiger partial charge is 0.462 e. The van der Waals surface area contributed by atoms with Gasteiger partial charge in [0.05, 0.1) is 6.61 Å². The van der Waals surface area contributed by atoms with Crippen LogP contribution in [-0.4, -0.2) is 24.7 Å². The number of hydrogen-bond acceptors (Lipinski definition) is 4. The fourth-order valence-corrected chi connectivity index (χ4v) is 1.35. The van der Waals surface area contributed by atoms with Gasteiger partial charge in [-0.05, 0) is 12.5 Å². The van der Waals surface area contributed by atoms with Gasteiger partial charge >= 0.3 is 18.1 Å². The van der Waals surface area contributed by atoms with Crippen molar-refractivity contribution in [2.24, 2.45) is 0 Å². The number of carbonyl (C=O) groups excluding carboxylic acids is 2. The maximum absolute atomic E-state index is 12.6. The summed E-state index contributed by atoms with van der Waals surface area (Å²) in [6.45, 7) is 0.940. The van der Waals surface area contributed by atoms with Crippen molar-refractivity contribution in [1.29, 1.82) is 0 Å². The van der Waals surface area contributed by atoms with Gasteiger partial charge in [-0.3, -0.25) is 0 Å². The zero-order chi connectivity index (χ0) is 15.9. The Labute approximate surface area is 119 Å². The van der Waals surface area contributed by atoms with Crippen molar-refractivity contribution in [3.8, 4) is 0 Å². The van der Waals surface area contributed by atoms with Gasteiger partial charge in [-0.1, -0.05) is 30.3 Å². The van der Waals surface area contributed by atoms with Gasteiger partial charge < -0.3 is 9.47 Å². The van der Waals surface area contributed by atoms with Gasteiger partial charge in [-0.2, -0.15) is 13.2 Å². The van der Waals surface area contributed by atoms with Gasteiger partial charge in [0, 0.05) is 6.08 Å². The van der Waals surface area contributed by atoms with Crippen LogP contribution < -0.4 is 0 Å². The molecule has 0 N–H and O–H groups in total. The maximum atomic E-state index is 12.6. The maximum Gasteiger partial charge on any atom is 0.423 e. The van der Waals surface area contributed by atoms with Crippen molar-refractivity contribution in [2.45, 2.75) is 19.7 Å². The van der Waals surface area contributed by atoms with E-state index in [1.54, 1.807) is 30.3 Å². The Morgan fingerprint density at radius 1 is 1.14 bits per heavy atom. The Hall–Kier alpha value is -2.31. The highest BCUT2D eigenvalue weighted by molar-refractivity contribution is 5.97. The molecule has 0 atom stereocenters. The van der Waals surface area contributed by atoms with E-state index < -0.39 is 23.7 Å². The lowest BCUT2D eigenvalue weighted by Crippen LogP contribution is -2.23. The van der Waals surface area contributed by atoms with E-state index in [-0.39, 0.29) is 19.3 Å². The SMILES string of the molecule is CCOC(=O)/C(=C\C(=O)OCc1ccccc1)C(F)(F)F. The van der Waals surface area contributed by atoms with E-state index >= 15 is 0 Å². The number of esters is 2. The molecule has 0 aliphatic carbocycles. The second-order valence-corrected chi connectivity index (χ2v) is 3.87. The smallest absolute Gasteiger partial charge is 0.423 e. The molecule has 4 nitrogen and oxygen atoms in total. The number of rotatable bonds is 5. The molecule has 0 fully saturated rings. The molecular weight excluding hydrogens is 289 g/mol. The minimum Gasteiger partial charge on any atom is -0.462 e. The molecule has 0 saturated heterocycles. The van der Waals surface area contributed by atoms with Crippen LogP contribution in [0.1, 0.15) is 12.5 Å². The Morgan fingerprint density at radius 3 is 2.29 bits per heavy atom. The Kier molecular flexibility index (Phi) is 5.95. The normalized spacial score (nSPS) is 11.9. The van der Waals surface area contributed by atoms with Crippen molar-refractivity contribution in [3.63, 3.8) is 0 Å². The number of hydrogen-bond donors (Lipinski definition) is 0. The summed E-state index contributed by atoms with van der Waals surface area (Å²) in [5.74, 6) is -2.87. The Bertz CT molecular complexity index is 521. The molecule has 1 rings (SSSR count). The molecule has 0 aliphatic rings. The van der Waals surface area contributed by atoms with Gasteiger partial charge in [-0.25, -0.2) is 9.59 Å². The first-order chi connectivity index (χ1) is 9.84. The number of alkyl halides is 3. The lowest BCUT2D eigenvalue weighted by molar-refractivity contribution is -0.152. The molecule has 0 aromatic heterocycles. The summed E-state index contributed by atoms with van der Waals surface area (Å²) in [4.78, 5) is 22.6. The first-order valence-corrected chi connectivity index (χ1v) is 6.01. The third-order valence-electron chi connectivity index (χ3n) is 2.29. The average molecular weight is 302 g/mol. The van der Waals surface area contributed by atoms with Crippen molar-refractivity contribution in [2.75, 3.05) is 6.61 Å². The van der Waals surface area contributed by atoms with Gasteiger partial charge in [-0.15, -0.1) is 0 Å². The zero-order valence-corrected chi connectivity index (χ0v) is 11.1. The van der Waals surface area contributed by atoms with E-state index in [0.717, 1.165) is 0 Å². The van der Waals surface area contributed by atoms with Crippen LogP contribution in [0.4, 0.5) is 13.2 Å². The van der Waals surface area contributed by atoms with Crippen molar-refractivity contribution < 1.29 is 32.2 Å². The summed E-state index contributed by atoms with van der Waals surface area (Å²) in [5.41, 5.74) is -1.08. The van der Waals surface area contributed by atoms with Crippen LogP contribution in [0.15, 0.2) is 42.0 Å². The van der Waals surface area contributed by atoms with E-state index in [2.05, 4.69) is 9.47 Å². The Morgan fingerprint density at radius 2 is 1.76 bits per heavy atom. The van der Waals surface area contributed by atoms with Crippen LogP contribution in [0.25, 0.3) is 0 Å². The van der Waals surface area contributed by atoms with Gasteiger partial charge in [0.15, 0.2) is 0 Å². The monoisotopic (exact) mass is 302 g/mol. The second kappa shape index (κ2) is 7.47. The number of halogens is 3. The molecule has 0 radical (unpaired) electrons. The first-order valence-electron chi connectivity index (χ1n) is 6.01.